The molecule has 1 aliphatic heterocycles. The normalized spacial score (nSPS) is 16.3. The first-order chi connectivity index (χ1) is 8.84. The summed E-state index contributed by atoms with van der Waals surface area (Å²) in [7, 11) is 0. The molecule has 3 nitrogen and oxygen atoms in total. The first kappa shape index (κ1) is 11.5. The van der Waals surface area contributed by atoms with Crippen molar-refractivity contribution in [2.24, 2.45) is 0 Å². The molecule has 0 saturated carbocycles. The monoisotopic (exact) mass is 241 g/mol. The third kappa shape index (κ3) is 2.18. The van der Waals surface area contributed by atoms with Crippen LogP contribution in [0.15, 0.2) is 36.7 Å². The van der Waals surface area contributed by atoms with Crippen LogP contribution < -0.4 is 5.32 Å². The number of fused-ring (bicyclic) bond motifs is 1. The van der Waals surface area contributed by atoms with Crippen molar-refractivity contribution in [2.45, 2.75) is 32.4 Å². The predicted octanol–water partition coefficient (Wildman–Crippen LogP) is 2.33. The van der Waals surface area contributed by atoms with E-state index in [0.717, 1.165) is 25.9 Å². The van der Waals surface area contributed by atoms with E-state index in [1.54, 1.807) is 0 Å². The van der Waals surface area contributed by atoms with Crippen LogP contribution in [0.4, 0.5) is 0 Å². The van der Waals surface area contributed by atoms with E-state index in [2.05, 4.69) is 52.1 Å². The second kappa shape index (κ2) is 4.94. The zero-order valence-electron chi connectivity index (χ0n) is 10.8. The molecule has 2 heterocycles. The molecule has 3 rings (SSSR count). The van der Waals surface area contributed by atoms with E-state index in [9.17, 15) is 0 Å². The minimum Gasteiger partial charge on any atom is -0.331 e. The number of aromatic nitrogens is 2. The van der Waals surface area contributed by atoms with Gasteiger partial charge in [0.15, 0.2) is 0 Å². The lowest BCUT2D eigenvalue weighted by molar-refractivity contribution is 0.507. The van der Waals surface area contributed by atoms with E-state index in [1.165, 1.54) is 17.0 Å². The van der Waals surface area contributed by atoms with Crippen LogP contribution in [-0.4, -0.2) is 16.1 Å². The molecule has 0 radical (unpaired) electrons. The average molecular weight is 241 g/mol. The zero-order chi connectivity index (χ0) is 12.4. The molecular formula is C15H19N3. The molecule has 0 bridgehead atoms. The number of hydrogen-bond donors (Lipinski definition) is 1. The molecule has 0 amide bonds. The Labute approximate surface area is 108 Å². The van der Waals surface area contributed by atoms with Gasteiger partial charge in [-0.15, -0.1) is 0 Å². The molecule has 1 aromatic heterocycles. The summed E-state index contributed by atoms with van der Waals surface area (Å²) in [6, 6.07) is 11.1. The van der Waals surface area contributed by atoms with Crippen LogP contribution in [0.3, 0.4) is 0 Å². The van der Waals surface area contributed by atoms with Crippen LogP contribution in [0, 0.1) is 0 Å². The fraction of sp³-hybridized carbons (Fsp3) is 0.400. The fourth-order valence-electron chi connectivity index (χ4n) is 2.69. The quantitative estimate of drug-likeness (QED) is 0.894. The number of nitrogens with one attached hydrogen (secondary N) is 1. The van der Waals surface area contributed by atoms with Gasteiger partial charge >= 0.3 is 0 Å². The van der Waals surface area contributed by atoms with Crippen LogP contribution in [0.25, 0.3) is 0 Å². The molecule has 18 heavy (non-hydrogen) atoms. The lowest BCUT2D eigenvalue weighted by Gasteiger charge is -2.20. The highest BCUT2D eigenvalue weighted by Gasteiger charge is 2.17. The van der Waals surface area contributed by atoms with Gasteiger partial charge in [0, 0.05) is 31.2 Å². The lowest BCUT2D eigenvalue weighted by atomic mass is 10.1. The standard InChI is InChI=1S/C15H19N3/c1-12(9-13-5-3-2-4-6-13)18-11-17-14-10-16-8-7-15(14)18/h2-6,11-12,16H,7-10H2,1H3. The van der Waals surface area contributed by atoms with Gasteiger partial charge in [-0.25, -0.2) is 4.98 Å². The number of hydrogen-bond acceptors (Lipinski definition) is 2. The third-order valence-electron chi connectivity index (χ3n) is 3.66. The topological polar surface area (TPSA) is 29.9 Å². The first-order valence-electron chi connectivity index (χ1n) is 6.64. The number of rotatable bonds is 3. The summed E-state index contributed by atoms with van der Waals surface area (Å²) in [5.41, 5.74) is 4.03. The van der Waals surface area contributed by atoms with Gasteiger partial charge in [-0.2, -0.15) is 0 Å². The van der Waals surface area contributed by atoms with E-state index >= 15 is 0 Å². The molecule has 2 aromatic rings. The molecule has 0 saturated heterocycles. The van der Waals surface area contributed by atoms with Gasteiger partial charge in [-0.3, -0.25) is 0 Å². The second-order valence-corrected chi connectivity index (χ2v) is 5.01. The average Bonchev–Trinajstić information content (AvgIpc) is 2.84. The predicted molar refractivity (Wildman–Crippen MR) is 72.5 cm³/mol. The van der Waals surface area contributed by atoms with Crippen molar-refractivity contribution in [1.29, 1.82) is 0 Å². The summed E-state index contributed by atoms with van der Waals surface area (Å²) in [5.74, 6) is 0. The molecule has 0 spiro atoms. The number of imidazole rings is 1. The molecule has 1 aliphatic rings. The molecule has 0 fully saturated rings. The van der Waals surface area contributed by atoms with Crippen molar-refractivity contribution < 1.29 is 0 Å². The minimum atomic E-state index is 0.474. The van der Waals surface area contributed by atoms with Gasteiger partial charge in [0.2, 0.25) is 0 Å². The van der Waals surface area contributed by atoms with Gasteiger partial charge < -0.3 is 9.88 Å². The fourth-order valence-corrected chi connectivity index (χ4v) is 2.69. The highest BCUT2D eigenvalue weighted by atomic mass is 15.1. The highest BCUT2D eigenvalue weighted by molar-refractivity contribution is 5.19. The van der Waals surface area contributed by atoms with Gasteiger partial charge in [-0.05, 0) is 18.9 Å². The summed E-state index contributed by atoms with van der Waals surface area (Å²) in [5, 5.41) is 3.37. The summed E-state index contributed by atoms with van der Waals surface area (Å²) in [6.45, 7) is 4.26. The summed E-state index contributed by atoms with van der Waals surface area (Å²) in [4.78, 5) is 4.52. The Morgan fingerprint density at radius 1 is 1.33 bits per heavy atom. The summed E-state index contributed by atoms with van der Waals surface area (Å²) < 4.78 is 2.35. The van der Waals surface area contributed by atoms with Crippen LogP contribution in [0.5, 0.6) is 0 Å². The molecule has 1 unspecified atom stereocenters. The van der Waals surface area contributed by atoms with E-state index in [4.69, 9.17) is 0 Å². The van der Waals surface area contributed by atoms with Crippen LogP contribution in [-0.2, 0) is 19.4 Å². The Morgan fingerprint density at radius 2 is 2.17 bits per heavy atom. The van der Waals surface area contributed by atoms with Crippen molar-refractivity contribution >= 4 is 0 Å². The molecule has 0 aliphatic carbocycles. The Morgan fingerprint density at radius 3 is 3.00 bits per heavy atom. The van der Waals surface area contributed by atoms with E-state index in [0.29, 0.717) is 6.04 Å². The maximum atomic E-state index is 4.52. The molecule has 3 heteroatoms. The Balaban J connectivity index is 1.80. The van der Waals surface area contributed by atoms with Crippen LogP contribution >= 0.6 is 0 Å². The Hall–Kier alpha value is -1.61. The number of nitrogens with zero attached hydrogens (tertiary/aromatic N) is 2. The molecule has 1 N–H and O–H groups in total. The molecule has 1 aromatic carbocycles. The lowest BCUT2D eigenvalue weighted by Crippen LogP contribution is -2.25. The number of benzene rings is 1. The van der Waals surface area contributed by atoms with Crippen molar-refractivity contribution in [3.63, 3.8) is 0 Å². The Bertz CT molecular complexity index is 516. The zero-order valence-corrected chi connectivity index (χ0v) is 10.8. The summed E-state index contributed by atoms with van der Waals surface area (Å²) in [6.07, 6.45) is 4.16. The van der Waals surface area contributed by atoms with E-state index in [1.807, 2.05) is 6.33 Å². The first-order valence-corrected chi connectivity index (χ1v) is 6.64. The van der Waals surface area contributed by atoms with Gasteiger partial charge in [0.05, 0.1) is 12.0 Å². The van der Waals surface area contributed by atoms with Crippen LogP contribution in [0.2, 0.25) is 0 Å². The summed E-state index contributed by atoms with van der Waals surface area (Å²) >= 11 is 0. The van der Waals surface area contributed by atoms with Crippen molar-refractivity contribution in [3.05, 3.63) is 53.6 Å². The Kier molecular flexibility index (Phi) is 3.15. The SMILES string of the molecule is CC(Cc1ccccc1)n1cnc2c1CCNC2. The van der Waals surface area contributed by atoms with Gasteiger partial charge in [-0.1, -0.05) is 30.3 Å². The van der Waals surface area contributed by atoms with Crippen molar-refractivity contribution in [3.8, 4) is 0 Å². The maximum absolute atomic E-state index is 4.52. The smallest absolute Gasteiger partial charge is 0.0954 e. The van der Waals surface area contributed by atoms with Gasteiger partial charge in [0.1, 0.15) is 0 Å². The van der Waals surface area contributed by atoms with E-state index < -0.39 is 0 Å². The van der Waals surface area contributed by atoms with E-state index in [-0.39, 0.29) is 0 Å². The minimum absolute atomic E-state index is 0.474. The van der Waals surface area contributed by atoms with Crippen LogP contribution in [0.1, 0.15) is 29.9 Å². The third-order valence-corrected chi connectivity index (χ3v) is 3.66. The molecule has 1 atom stereocenters. The molecule has 94 valence electrons. The van der Waals surface area contributed by atoms with Crippen molar-refractivity contribution in [1.82, 2.24) is 14.9 Å². The molecular weight excluding hydrogens is 222 g/mol. The largest absolute Gasteiger partial charge is 0.331 e. The van der Waals surface area contributed by atoms with Crippen molar-refractivity contribution in [2.75, 3.05) is 6.54 Å². The second-order valence-electron chi connectivity index (χ2n) is 5.01. The van der Waals surface area contributed by atoms with Gasteiger partial charge in [0.25, 0.3) is 0 Å². The highest BCUT2D eigenvalue weighted by Crippen LogP contribution is 2.20. The maximum Gasteiger partial charge on any atom is 0.0954 e.